The van der Waals surface area contributed by atoms with E-state index in [9.17, 15) is 13.2 Å². The van der Waals surface area contributed by atoms with Crippen LogP contribution in [0.5, 0.6) is 0 Å². The summed E-state index contributed by atoms with van der Waals surface area (Å²) < 4.78 is 27.0. The molecule has 0 aliphatic carbocycles. The van der Waals surface area contributed by atoms with Gasteiger partial charge in [0.2, 0.25) is 15.9 Å². The third-order valence-corrected chi connectivity index (χ3v) is 6.88. The van der Waals surface area contributed by atoms with E-state index in [-0.39, 0.29) is 11.9 Å². The van der Waals surface area contributed by atoms with E-state index < -0.39 is 10.0 Å². The largest absolute Gasteiger partial charge is 0.353 e. The Balaban J connectivity index is 1.53. The Morgan fingerprint density at radius 3 is 2.04 bits per heavy atom. The lowest BCUT2D eigenvalue weighted by Crippen LogP contribution is -2.46. The minimum absolute atomic E-state index is 0.0151. The molecular weight excluding hydrogens is 360 g/mol. The van der Waals surface area contributed by atoms with Gasteiger partial charge in [0.15, 0.2) is 0 Å². The maximum absolute atomic E-state index is 12.7. The molecule has 27 heavy (non-hydrogen) atoms. The summed E-state index contributed by atoms with van der Waals surface area (Å²) in [6.07, 6.45) is 1.61. The fourth-order valence-corrected chi connectivity index (χ4v) is 4.74. The van der Waals surface area contributed by atoms with Gasteiger partial charge >= 0.3 is 0 Å². The molecule has 1 fully saturated rings. The van der Waals surface area contributed by atoms with Crippen molar-refractivity contribution in [3.8, 4) is 0 Å². The first-order chi connectivity index (χ1) is 12.8. The van der Waals surface area contributed by atoms with Crippen molar-refractivity contribution in [3.05, 3.63) is 65.2 Å². The molecule has 144 valence electrons. The zero-order chi connectivity index (χ0) is 19.4. The number of hydrogen-bond donors (Lipinski definition) is 1. The van der Waals surface area contributed by atoms with Crippen LogP contribution < -0.4 is 5.32 Å². The normalized spacial score (nSPS) is 16.2. The molecule has 2 aromatic carbocycles. The number of hydrogen-bond acceptors (Lipinski definition) is 3. The Morgan fingerprint density at radius 1 is 0.963 bits per heavy atom. The molecule has 0 spiro atoms. The number of rotatable bonds is 5. The molecule has 0 saturated carbocycles. The molecule has 0 radical (unpaired) electrons. The molecule has 1 aliphatic heterocycles. The number of benzene rings is 2. The third-order valence-electron chi connectivity index (χ3n) is 4.96. The molecule has 1 amide bonds. The Labute approximate surface area is 161 Å². The van der Waals surface area contributed by atoms with Crippen molar-refractivity contribution >= 4 is 15.9 Å². The second-order valence-corrected chi connectivity index (χ2v) is 9.16. The van der Waals surface area contributed by atoms with E-state index in [1.165, 1.54) is 9.87 Å². The topological polar surface area (TPSA) is 66.5 Å². The number of carbonyl (C=O) groups excluding carboxylic acids is 1. The van der Waals surface area contributed by atoms with Gasteiger partial charge in [-0.2, -0.15) is 4.31 Å². The molecule has 2 aromatic rings. The molecule has 1 aliphatic rings. The molecular formula is C21H26N2O3S. The number of aryl methyl sites for hydroxylation is 2. The van der Waals surface area contributed by atoms with Crippen molar-refractivity contribution in [1.82, 2.24) is 9.62 Å². The maximum Gasteiger partial charge on any atom is 0.243 e. The van der Waals surface area contributed by atoms with Crippen molar-refractivity contribution in [1.29, 1.82) is 0 Å². The van der Waals surface area contributed by atoms with Crippen LogP contribution in [0, 0.1) is 13.8 Å². The Hall–Kier alpha value is -2.18. The minimum atomic E-state index is -3.46. The van der Waals surface area contributed by atoms with Gasteiger partial charge in [-0.3, -0.25) is 4.79 Å². The molecule has 6 heteroatoms. The summed E-state index contributed by atoms with van der Waals surface area (Å²) in [7, 11) is -3.46. The predicted molar refractivity (Wildman–Crippen MR) is 106 cm³/mol. The molecule has 0 atom stereocenters. The van der Waals surface area contributed by atoms with Gasteiger partial charge in [0.05, 0.1) is 11.3 Å². The van der Waals surface area contributed by atoms with Gasteiger partial charge in [0.1, 0.15) is 0 Å². The van der Waals surface area contributed by atoms with Crippen LogP contribution in [0.15, 0.2) is 53.4 Å². The van der Waals surface area contributed by atoms with Crippen LogP contribution in [-0.4, -0.2) is 37.8 Å². The first-order valence-electron chi connectivity index (χ1n) is 9.26. The van der Waals surface area contributed by atoms with Crippen LogP contribution >= 0.6 is 0 Å². The number of amides is 1. The van der Waals surface area contributed by atoms with Crippen LogP contribution in [0.1, 0.15) is 29.5 Å². The molecule has 3 rings (SSSR count). The van der Waals surface area contributed by atoms with Crippen LogP contribution in [-0.2, 0) is 21.2 Å². The second-order valence-electron chi connectivity index (χ2n) is 7.22. The van der Waals surface area contributed by atoms with E-state index in [2.05, 4.69) is 5.32 Å². The highest BCUT2D eigenvalue weighted by Crippen LogP contribution is 2.21. The summed E-state index contributed by atoms with van der Waals surface area (Å²) in [5.41, 5.74) is 3.18. The molecule has 5 nitrogen and oxygen atoms in total. The number of carbonyl (C=O) groups is 1. The van der Waals surface area contributed by atoms with E-state index in [1.54, 1.807) is 12.1 Å². The average molecular weight is 387 g/mol. The zero-order valence-corrected chi connectivity index (χ0v) is 16.6. The van der Waals surface area contributed by atoms with Gasteiger partial charge in [-0.25, -0.2) is 8.42 Å². The van der Waals surface area contributed by atoms with Crippen molar-refractivity contribution in [2.75, 3.05) is 13.1 Å². The number of sulfonamides is 1. The van der Waals surface area contributed by atoms with Gasteiger partial charge in [-0.1, -0.05) is 47.5 Å². The van der Waals surface area contributed by atoms with Crippen molar-refractivity contribution in [2.24, 2.45) is 0 Å². The summed E-state index contributed by atoms with van der Waals surface area (Å²) >= 11 is 0. The second kappa shape index (κ2) is 8.23. The van der Waals surface area contributed by atoms with Gasteiger partial charge < -0.3 is 5.32 Å². The highest BCUT2D eigenvalue weighted by Gasteiger charge is 2.29. The van der Waals surface area contributed by atoms with Crippen LogP contribution in [0.3, 0.4) is 0 Å². The van der Waals surface area contributed by atoms with Gasteiger partial charge in [0, 0.05) is 19.1 Å². The fourth-order valence-electron chi connectivity index (χ4n) is 3.27. The Morgan fingerprint density at radius 2 is 1.48 bits per heavy atom. The van der Waals surface area contributed by atoms with Crippen molar-refractivity contribution in [2.45, 2.75) is 44.0 Å². The summed E-state index contributed by atoms with van der Waals surface area (Å²) in [4.78, 5) is 12.6. The van der Waals surface area contributed by atoms with E-state index in [0.29, 0.717) is 37.2 Å². The standard InChI is InChI=1S/C21H26N2O3S/c1-16-3-7-18(8-4-16)15-21(24)22-19-11-13-23(14-12-19)27(25,26)20-9-5-17(2)6-10-20/h3-10,19H,11-15H2,1-2H3,(H,22,24). The smallest absolute Gasteiger partial charge is 0.243 e. The predicted octanol–water partition coefficient (Wildman–Crippen LogP) is 2.82. The Kier molecular flexibility index (Phi) is 5.97. The van der Waals surface area contributed by atoms with E-state index in [0.717, 1.165) is 11.1 Å². The van der Waals surface area contributed by atoms with Crippen LogP contribution in [0.25, 0.3) is 0 Å². The summed E-state index contributed by atoms with van der Waals surface area (Å²) in [6.45, 7) is 4.79. The lowest BCUT2D eigenvalue weighted by Gasteiger charge is -2.31. The van der Waals surface area contributed by atoms with E-state index >= 15 is 0 Å². The molecule has 1 saturated heterocycles. The van der Waals surface area contributed by atoms with Gasteiger partial charge in [0.25, 0.3) is 0 Å². The highest BCUT2D eigenvalue weighted by molar-refractivity contribution is 7.89. The van der Waals surface area contributed by atoms with Crippen molar-refractivity contribution in [3.63, 3.8) is 0 Å². The number of nitrogens with one attached hydrogen (secondary N) is 1. The van der Waals surface area contributed by atoms with Crippen molar-refractivity contribution < 1.29 is 13.2 Å². The first kappa shape index (κ1) is 19.6. The number of piperidine rings is 1. The summed E-state index contributed by atoms with van der Waals surface area (Å²) in [5, 5.41) is 3.04. The maximum atomic E-state index is 12.7. The SMILES string of the molecule is Cc1ccc(CC(=O)NC2CCN(S(=O)(=O)c3ccc(C)cc3)CC2)cc1. The minimum Gasteiger partial charge on any atom is -0.353 e. The molecule has 0 bridgehead atoms. The van der Waals surface area contributed by atoms with Gasteiger partial charge in [-0.15, -0.1) is 0 Å². The zero-order valence-electron chi connectivity index (χ0n) is 15.8. The molecule has 1 heterocycles. The van der Waals surface area contributed by atoms with E-state index in [1.807, 2.05) is 50.2 Å². The number of nitrogens with zero attached hydrogens (tertiary/aromatic N) is 1. The van der Waals surface area contributed by atoms with Gasteiger partial charge in [-0.05, 0) is 44.4 Å². The third kappa shape index (κ3) is 4.96. The lowest BCUT2D eigenvalue weighted by atomic mass is 10.1. The van der Waals surface area contributed by atoms with E-state index in [4.69, 9.17) is 0 Å². The monoisotopic (exact) mass is 386 g/mol. The quantitative estimate of drug-likeness (QED) is 0.859. The fraction of sp³-hybridized carbons (Fsp3) is 0.381. The molecule has 0 unspecified atom stereocenters. The molecule has 0 aromatic heterocycles. The van der Waals surface area contributed by atoms with Crippen LogP contribution in [0.4, 0.5) is 0 Å². The summed E-state index contributed by atoms with van der Waals surface area (Å²) in [5.74, 6) is -0.0151. The summed E-state index contributed by atoms with van der Waals surface area (Å²) in [6, 6.07) is 14.9. The Bertz CT molecular complexity index is 882. The average Bonchev–Trinajstić information content (AvgIpc) is 2.64. The van der Waals surface area contributed by atoms with Crippen LogP contribution in [0.2, 0.25) is 0 Å². The lowest BCUT2D eigenvalue weighted by molar-refractivity contribution is -0.121. The highest BCUT2D eigenvalue weighted by atomic mass is 32.2. The first-order valence-corrected chi connectivity index (χ1v) is 10.7. The molecule has 1 N–H and O–H groups in total.